The largest absolute Gasteiger partial charge is 0.626 e. The van der Waals surface area contributed by atoms with E-state index in [1.165, 1.54) is 0 Å². The van der Waals surface area contributed by atoms with Crippen LogP contribution < -0.4 is 11.5 Å². The Morgan fingerprint density at radius 2 is 2.14 bits per heavy atom. The molecule has 38 valence electrons. The molecule has 0 amide bonds. The van der Waals surface area contributed by atoms with E-state index in [0.717, 1.165) is 0 Å². The highest BCUT2D eigenvalue weighted by molar-refractivity contribution is 6.06. The molecular weight excluding hydrogens is 111 g/mol. The quantitative estimate of drug-likeness (QED) is 0.302. The van der Waals surface area contributed by atoms with Crippen LogP contribution in [0.15, 0.2) is 0 Å². The highest BCUT2D eigenvalue weighted by atomic mass is 27.1. The third kappa shape index (κ3) is 2.60. The standard InChI is InChI=1S/C2H6N2O2.Al/c3-1(4)2(5)6;/h1H,3-4H2,(H,5,6);/q;+1/p-1. The molecule has 0 bridgehead atoms. The van der Waals surface area contributed by atoms with E-state index in [4.69, 9.17) is 11.5 Å². The molecule has 0 aliphatic heterocycles. The molecule has 0 aromatic rings. The first-order chi connectivity index (χ1) is 3.18. The van der Waals surface area contributed by atoms with Crippen molar-refractivity contribution in [2.24, 2.45) is 11.5 Å². The number of carbonyl (C=O) groups is 1. The van der Waals surface area contributed by atoms with Crippen molar-refractivity contribution in [2.45, 2.75) is 6.17 Å². The van der Waals surface area contributed by atoms with Gasteiger partial charge in [0.2, 0.25) is 0 Å². The van der Waals surface area contributed by atoms with Crippen LogP contribution in [0.1, 0.15) is 0 Å². The topological polar surface area (TPSA) is 78.3 Å². The number of hydrogen-bond donors (Lipinski definition) is 2. The fourth-order valence-electron chi connectivity index (χ4n) is 0.0786. The third-order valence-corrected chi connectivity index (χ3v) is 0.621. The third-order valence-electron chi connectivity index (χ3n) is 0.388. The maximum Gasteiger partial charge on any atom is 0.485 e. The summed E-state index contributed by atoms with van der Waals surface area (Å²) >= 11 is 1.75. The van der Waals surface area contributed by atoms with Gasteiger partial charge in [0.25, 0.3) is 0 Å². The average Bonchev–Trinajstić information content (AvgIpc) is 1.65. The maximum absolute atomic E-state index is 10.0. The zero-order valence-corrected chi connectivity index (χ0v) is 4.78. The van der Waals surface area contributed by atoms with Crippen LogP contribution in [0, 0.1) is 0 Å². The Morgan fingerprint density at radius 1 is 1.71 bits per heavy atom. The molecule has 0 saturated carbocycles. The molecule has 0 aliphatic carbocycles. The van der Waals surface area contributed by atoms with Gasteiger partial charge in [0, 0.05) is 0 Å². The highest BCUT2D eigenvalue weighted by Gasteiger charge is 2.02. The number of carbonyl (C=O) groups excluding carboxylic acids is 1. The van der Waals surface area contributed by atoms with Gasteiger partial charge >= 0.3 is 22.6 Å². The van der Waals surface area contributed by atoms with Gasteiger partial charge in [-0.15, -0.1) is 0 Å². The monoisotopic (exact) mass is 116 g/mol. The lowest BCUT2D eigenvalue weighted by molar-refractivity contribution is -0.135. The van der Waals surface area contributed by atoms with Gasteiger partial charge in [-0.25, -0.2) is 0 Å². The average molecular weight is 116 g/mol. The normalized spacial score (nSPS) is 9.00. The lowest BCUT2D eigenvalue weighted by Crippen LogP contribution is -2.40. The van der Waals surface area contributed by atoms with Gasteiger partial charge in [-0.05, 0) is 0 Å². The molecule has 0 heterocycles. The van der Waals surface area contributed by atoms with Gasteiger partial charge in [-0.3, -0.25) is 4.79 Å². The van der Waals surface area contributed by atoms with Crippen LogP contribution >= 0.6 is 0 Å². The van der Waals surface area contributed by atoms with Gasteiger partial charge in [-0.2, -0.15) is 0 Å². The van der Waals surface area contributed by atoms with E-state index in [1.807, 2.05) is 0 Å². The first-order valence-electron chi connectivity index (χ1n) is 1.60. The molecule has 0 aliphatic rings. The van der Waals surface area contributed by atoms with Crippen molar-refractivity contribution in [3.05, 3.63) is 0 Å². The molecule has 5 heteroatoms. The summed E-state index contributed by atoms with van der Waals surface area (Å²) < 4.78 is 4.04. The lowest BCUT2D eigenvalue weighted by atomic mass is 10.6. The Bertz CT molecular complexity index is 74.1. The highest BCUT2D eigenvalue weighted by Crippen LogP contribution is 1.68. The van der Waals surface area contributed by atoms with E-state index in [2.05, 4.69) is 3.79 Å². The fourth-order valence-corrected chi connectivity index (χ4v) is 0.236. The Kier molecular flexibility index (Phi) is 2.96. The van der Waals surface area contributed by atoms with Crippen LogP contribution in [0.5, 0.6) is 0 Å². The molecule has 4 nitrogen and oxygen atoms in total. The molecule has 0 spiro atoms. The van der Waals surface area contributed by atoms with E-state index in [-0.39, 0.29) is 0 Å². The van der Waals surface area contributed by atoms with Crippen LogP contribution in [0.2, 0.25) is 0 Å². The minimum absolute atomic E-state index is 0.634. The van der Waals surface area contributed by atoms with Crippen molar-refractivity contribution < 1.29 is 8.58 Å². The van der Waals surface area contributed by atoms with Crippen LogP contribution in [0.4, 0.5) is 0 Å². The second-order valence-electron chi connectivity index (χ2n) is 0.963. The van der Waals surface area contributed by atoms with Gasteiger partial charge in [0.15, 0.2) is 0 Å². The minimum Gasteiger partial charge on any atom is -0.626 e. The summed E-state index contributed by atoms with van der Waals surface area (Å²) in [6.07, 6.45) is -1.02. The van der Waals surface area contributed by atoms with E-state index >= 15 is 0 Å². The Balaban J connectivity index is 3.35. The Morgan fingerprint density at radius 3 is 2.14 bits per heavy atom. The van der Waals surface area contributed by atoms with E-state index in [9.17, 15) is 4.79 Å². The summed E-state index contributed by atoms with van der Waals surface area (Å²) in [7, 11) is 0. The molecule has 0 atom stereocenters. The predicted molar refractivity (Wildman–Crippen MR) is 24.0 cm³/mol. The number of hydrogen-bond acceptors (Lipinski definition) is 4. The van der Waals surface area contributed by atoms with Crippen LogP contribution in [0.3, 0.4) is 0 Å². The molecular formula is C2H5AlN2O2. The molecule has 7 heavy (non-hydrogen) atoms. The molecule has 0 fully saturated rings. The van der Waals surface area contributed by atoms with Crippen LogP contribution in [-0.2, 0) is 8.58 Å². The first kappa shape index (κ1) is 6.92. The minimum atomic E-state index is -1.02. The molecule has 0 rings (SSSR count). The summed E-state index contributed by atoms with van der Waals surface area (Å²) in [5.74, 6) is -0.634. The van der Waals surface area contributed by atoms with E-state index in [0.29, 0.717) is 0 Å². The molecule has 4 N–H and O–H groups in total. The van der Waals surface area contributed by atoms with Gasteiger partial charge in [0.05, 0.1) is 0 Å². The summed E-state index contributed by atoms with van der Waals surface area (Å²) in [5, 5.41) is 0. The Labute approximate surface area is 49.6 Å². The Hall–Kier alpha value is -0.0775. The summed E-state index contributed by atoms with van der Waals surface area (Å²) in [5.41, 5.74) is 9.67. The van der Waals surface area contributed by atoms with Gasteiger partial charge in [-0.1, -0.05) is 0 Å². The molecule has 0 unspecified atom stereocenters. The van der Waals surface area contributed by atoms with Crippen molar-refractivity contribution >= 4 is 22.6 Å². The molecule has 0 saturated heterocycles. The van der Waals surface area contributed by atoms with Crippen molar-refractivity contribution in [3.63, 3.8) is 0 Å². The van der Waals surface area contributed by atoms with Crippen molar-refractivity contribution in [1.82, 2.24) is 0 Å². The second-order valence-corrected chi connectivity index (χ2v) is 1.20. The van der Waals surface area contributed by atoms with Crippen molar-refractivity contribution in [2.75, 3.05) is 0 Å². The summed E-state index contributed by atoms with van der Waals surface area (Å²) in [6, 6.07) is 0. The van der Waals surface area contributed by atoms with Gasteiger partial charge < -0.3 is 15.3 Å². The summed E-state index contributed by atoms with van der Waals surface area (Å²) in [4.78, 5) is 10.0. The number of nitrogens with two attached hydrogens (primary N) is 2. The smallest absolute Gasteiger partial charge is 0.485 e. The predicted octanol–water partition coefficient (Wildman–Crippen LogP) is -2.14. The zero-order valence-electron chi connectivity index (χ0n) is 3.63. The van der Waals surface area contributed by atoms with Crippen LogP contribution in [-0.4, -0.2) is 28.8 Å². The first-order valence-corrected chi connectivity index (χ1v) is 2.07. The fraction of sp³-hybridized carbons (Fsp3) is 0.500. The second kappa shape index (κ2) is 2.99. The van der Waals surface area contributed by atoms with Crippen molar-refractivity contribution in [3.8, 4) is 0 Å². The van der Waals surface area contributed by atoms with E-state index < -0.39 is 12.1 Å². The number of rotatable bonds is 1. The molecule has 0 aromatic heterocycles. The van der Waals surface area contributed by atoms with Crippen molar-refractivity contribution in [1.29, 1.82) is 0 Å². The van der Waals surface area contributed by atoms with E-state index in [1.54, 1.807) is 16.6 Å². The maximum atomic E-state index is 10.0. The summed E-state index contributed by atoms with van der Waals surface area (Å²) in [6.45, 7) is 0. The van der Waals surface area contributed by atoms with Crippen LogP contribution in [0.25, 0.3) is 0 Å². The zero-order chi connectivity index (χ0) is 5.86. The molecule has 2 radical (unpaired) electrons. The van der Waals surface area contributed by atoms with Gasteiger partial charge in [0.1, 0.15) is 6.17 Å². The lowest BCUT2D eigenvalue weighted by Gasteiger charge is -2.01. The SMILES string of the molecule is NC(N)C(=O)[O][Al]. The molecule has 0 aromatic carbocycles.